The van der Waals surface area contributed by atoms with Crippen LogP contribution in [0.15, 0.2) is 12.4 Å². The van der Waals surface area contributed by atoms with Crippen LogP contribution in [0, 0.1) is 11.8 Å². The van der Waals surface area contributed by atoms with Gasteiger partial charge in [-0.3, -0.25) is 0 Å². The Hall–Kier alpha value is -1.23. The monoisotopic (exact) mass is 236 g/mol. The molecule has 0 amide bonds. The molecule has 86 valence electrons. The molecule has 2 heterocycles. The molecule has 5 heteroatoms. The lowest BCUT2D eigenvalue weighted by molar-refractivity contribution is 0.494. The Morgan fingerprint density at radius 3 is 2.44 bits per heavy atom. The van der Waals surface area contributed by atoms with Crippen LogP contribution in [0.4, 0.5) is 5.82 Å². The van der Waals surface area contributed by atoms with Gasteiger partial charge in [-0.2, -0.15) is 0 Å². The van der Waals surface area contributed by atoms with Crippen LogP contribution in [0.25, 0.3) is 0 Å². The molecule has 1 saturated heterocycles. The van der Waals surface area contributed by atoms with Crippen LogP contribution in [0.5, 0.6) is 0 Å². The molecule has 2 unspecified atom stereocenters. The van der Waals surface area contributed by atoms with Crippen LogP contribution in [-0.2, 0) is 0 Å². The number of rotatable bonds is 2. The number of hydrogen-bond donors (Lipinski definition) is 1. The first kappa shape index (κ1) is 11.3. The van der Waals surface area contributed by atoms with E-state index >= 15 is 0 Å². The lowest BCUT2D eigenvalue weighted by Crippen LogP contribution is -2.26. The average molecular weight is 236 g/mol. The van der Waals surface area contributed by atoms with Crippen LogP contribution >= 0.6 is 12.2 Å². The van der Waals surface area contributed by atoms with E-state index in [1.54, 1.807) is 12.4 Å². The van der Waals surface area contributed by atoms with Crippen molar-refractivity contribution in [1.82, 2.24) is 9.97 Å². The summed E-state index contributed by atoms with van der Waals surface area (Å²) in [7, 11) is 0. The second kappa shape index (κ2) is 4.33. The van der Waals surface area contributed by atoms with E-state index in [0.29, 0.717) is 22.5 Å². The van der Waals surface area contributed by atoms with E-state index in [9.17, 15) is 0 Å². The van der Waals surface area contributed by atoms with E-state index in [0.717, 1.165) is 18.9 Å². The lowest BCUT2D eigenvalue weighted by Gasteiger charge is -2.18. The van der Waals surface area contributed by atoms with Crippen LogP contribution < -0.4 is 10.6 Å². The third-order valence-electron chi connectivity index (χ3n) is 3.20. The number of nitrogens with two attached hydrogens (primary N) is 1. The molecule has 0 saturated carbocycles. The maximum atomic E-state index is 5.65. The van der Waals surface area contributed by atoms with Crippen LogP contribution in [0.2, 0.25) is 0 Å². The molecule has 1 aromatic rings. The van der Waals surface area contributed by atoms with Gasteiger partial charge >= 0.3 is 0 Å². The first-order valence-corrected chi connectivity index (χ1v) is 5.86. The summed E-state index contributed by atoms with van der Waals surface area (Å²) in [6.45, 7) is 6.49. The van der Waals surface area contributed by atoms with E-state index in [1.165, 1.54) is 0 Å². The van der Waals surface area contributed by atoms with Gasteiger partial charge in [-0.15, -0.1) is 0 Å². The van der Waals surface area contributed by atoms with Crippen molar-refractivity contribution < 1.29 is 0 Å². The van der Waals surface area contributed by atoms with E-state index in [2.05, 4.69) is 28.7 Å². The second-order valence-corrected chi connectivity index (χ2v) is 4.89. The quantitative estimate of drug-likeness (QED) is 0.782. The van der Waals surface area contributed by atoms with Gasteiger partial charge in [0.25, 0.3) is 0 Å². The molecule has 16 heavy (non-hydrogen) atoms. The summed E-state index contributed by atoms with van der Waals surface area (Å²) in [5.74, 6) is 2.16. The van der Waals surface area contributed by atoms with E-state index in [-0.39, 0.29) is 0 Å². The highest BCUT2D eigenvalue weighted by Gasteiger charge is 2.28. The molecule has 1 aromatic heterocycles. The Labute approximate surface area is 101 Å². The SMILES string of the molecule is CC1CN(c2nccnc2C(N)=S)CC1C. The Morgan fingerprint density at radius 1 is 1.31 bits per heavy atom. The molecule has 1 aliphatic rings. The molecule has 0 aromatic carbocycles. The van der Waals surface area contributed by atoms with Crippen molar-refractivity contribution in [1.29, 1.82) is 0 Å². The summed E-state index contributed by atoms with van der Waals surface area (Å²) in [5, 5.41) is 0. The molecule has 1 fully saturated rings. The van der Waals surface area contributed by atoms with Crippen molar-refractivity contribution in [2.75, 3.05) is 18.0 Å². The molecule has 0 radical (unpaired) electrons. The summed E-state index contributed by atoms with van der Waals surface area (Å²) in [5.41, 5.74) is 6.29. The van der Waals surface area contributed by atoms with Crippen molar-refractivity contribution in [3.05, 3.63) is 18.1 Å². The zero-order valence-electron chi connectivity index (χ0n) is 9.55. The minimum atomic E-state index is 0.315. The fourth-order valence-electron chi connectivity index (χ4n) is 2.04. The maximum Gasteiger partial charge on any atom is 0.157 e. The molecule has 0 aliphatic carbocycles. The number of anilines is 1. The average Bonchev–Trinajstić information content (AvgIpc) is 2.59. The second-order valence-electron chi connectivity index (χ2n) is 4.45. The number of hydrogen-bond acceptors (Lipinski definition) is 4. The van der Waals surface area contributed by atoms with Crippen LogP contribution in [0.1, 0.15) is 19.5 Å². The molecule has 4 nitrogen and oxygen atoms in total. The minimum absolute atomic E-state index is 0.315. The van der Waals surface area contributed by atoms with Gasteiger partial charge < -0.3 is 10.6 Å². The highest BCUT2D eigenvalue weighted by molar-refractivity contribution is 7.80. The van der Waals surface area contributed by atoms with Crippen molar-refractivity contribution in [2.24, 2.45) is 17.6 Å². The van der Waals surface area contributed by atoms with Crippen molar-refractivity contribution in [3.8, 4) is 0 Å². The Balaban J connectivity index is 2.31. The van der Waals surface area contributed by atoms with Gasteiger partial charge in [0, 0.05) is 25.5 Å². The Morgan fingerprint density at radius 2 is 1.88 bits per heavy atom. The van der Waals surface area contributed by atoms with E-state index in [4.69, 9.17) is 18.0 Å². The molecule has 2 rings (SSSR count). The molecule has 2 N–H and O–H groups in total. The first-order valence-electron chi connectivity index (χ1n) is 5.45. The fraction of sp³-hybridized carbons (Fsp3) is 0.545. The zero-order valence-corrected chi connectivity index (χ0v) is 10.4. The van der Waals surface area contributed by atoms with Gasteiger partial charge in [-0.05, 0) is 11.8 Å². The third kappa shape index (κ3) is 2.00. The number of thiocarbonyl (C=S) groups is 1. The van der Waals surface area contributed by atoms with Gasteiger partial charge in [-0.1, -0.05) is 26.1 Å². The van der Waals surface area contributed by atoms with Crippen molar-refractivity contribution in [3.63, 3.8) is 0 Å². The third-order valence-corrected chi connectivity index (χ3v) is 3.39. The number of aromatic nitrogens is 2. The summed E-state index contributed by atoms with van der Waals surface area (Å²) < 4.78 is 0. The van der Waals surface area contributed by atoms with Crippen molar-refractivity contribution >= 4 is 23.0 Å². The minimum Gasteiger partial charge on any atom is -0.388 e. The normalized spacial score (nSPS) is 24.8. The summed E-state index contributed by atoms with van der Waals surface area (Å²) >= 11 is 4.99. The van der Waals surface area contributed by atoms with Gasteiger partial charge in [0.05, 0.1) is 0 Å². The summed E-state index contributed by atoms with van der Waals surface area (Å²) in [4.78, 5) is 11.1. The predicted octanol–water partition coefficient (Wildman–Crippen LogP) is 1.20. The van der Waals surface area contributed by atoms with E-state index in [1.807, 2.05) is 0 Å². The van der Waals surface area contributed by atoms with Crippen LogP contribution in [0.3, 0.4) is 0 Å². The zero-order chi connectivity index (χ0) is 11.7. The molecular formula is C11H16N4S. The smallest absolute Gasteiger partial charge is 0.157 e. The first-order chi connectivity index (χ1) is 7.59. The lowest BCUT2D eigenvalue weighted by atomic mass is 10.0. The Kier molecular flexibility index (Phi) is 3.05. The fourth-order valence-corrected chi connectivity index (χ4v) is 2.18. The van der Waals surface area contributed by atoms with Gasteiger partial charge in [-0.25, -0.2) is 9.97 Å². The largest absolute Gasteiger partial charge is 0.388 e. The molecule has 2 atom stereocenters. The van der Waals surface area contributed by atoms with Gasteiger partial charge in [0.15, 0.2) is 5.82 Å². The maximum absolute atomic E-state index is 5.65. The molecule has 0 spiro atoms. The predicted molar refractivity (Wildman–Crippen MR) is 68.5 cm³/mol. The van der Waals surface area contributed by atoms with E-state index < -0.39 is 0 Å². The highest BCUT2D eigenvalue weighted by Crippen LogP contribution is 2.27. The molecule has 0 bridgehead atoms. The number of nitrogens with zero attached hydrogens (tertiary/aromatic N) is 3. The highest BCUT2D eigenvalue weighted by atomic mass is 32.1. The summed E-state index contributed by atoms with van der Waals surface area (Å²) in [6, 6.07) is 0. The molecule has 1 aliphatic heterocycles. The standard InChI is InChI=1S/C11H16N4S/c1-7-5-15(6-8(7)2)11-9(10(12)16)13-3-4-14-11/h3-4,7-8H,5-6H2,1-2H3,(H2,12,16). The summed E-state index contributed by atoms with van der Waals surface area (Å²) in [6.07, 6.45) is 3.31. The van der Waals surface area contributed by atoms with Gasteiger partial charge in [0.1, 0.15) is 10.7 Å². The van der Waals surface area contributed by atoms with Gasteiger partial charge in [0.2, 0.25) is 0 Å². The topological polar surface area (TPSA) is 55.0 Å². The Bertz CT molecular complexity index is 397. The van der Waals surface area contributed by atoms with Crippen LogP contribution in [-0.4, -0.2) is 28.0 Å². The molecular weight excluding hydrogens is 220 g/mol. The van der Waals surface area contributed by atoms with Crippen molar-refractivity contribution in [2.45, 2.75) is 13.8 Å².